The number of aryl methyl sites for hydroxylation is 1. The third kappa shape index (κ3) is 2.39. The average molecular weight is 239 g/mol. The number of nitrogens with one attached hydrogen (secondary N) is 1. The molecule has 0 fully saturated rings. The molecule has 0 radical (unpaired) electrons. The lowest BCUT2D eigenvalue weighted by molar-refractivity contribution is 0.588. The third-order valence-corrected chi connectivity index (χ3v) is 3.20. The molecule has 1 aromatic heterocycles. The quantitative estimate of drug-likeness (QED) is 0.855. The number of halogens is 2. The molecule has 0 atom stereocenters. The second kappa shape index (κ2) is 4.61. The van der Waals surface area contributed by atoms with Crippen LogP contribution >= 0.6 is 11.3 Å². The molecule has 0 aliphatic rings. The van der Waals surface area contributed by atoms with Crippen LogP contribution < -0.4 is 5.32 Å². The molecule has 0 aliphatic carbocycles. The summed E-state index contributed by atoms with van der Waals surface area (Å²) in [6, 6.07) is 7.77. The van der Waals surface area contributed by atoms with Crippen molar-refractivity contribution < 1.29 is 8.78 Å². The molecule has 1 heterocycles. The Hall–Kier alpha value is -1.42. The van der Waals surface area contributed by atoms with Crippen molar-refractivity contribution >= 4 is 17.0 Å². The Balaban J connectivity index is 2.10. The molecule has 0 spiro atoms. The summed E-state index contributed by atoms with van der Waals surface area (Å²) in [6.07, 6.45) is 0. The van der Waals surface area contributed by atoms with Gasteiger partial charge in [0, 0.05) is 16.3 Å². The zero-order valence-electron chi connectivity index (χ0n) is 8.76. The summed E-state index contributed by atoms with van der Waals surface area (Å²) in [4.78, 5) is 2.24. The van der Waals surface area contributed by atoms with Crippen LogP contribution in [0.3, 0.4) is 0 Å². The first kappa shape index (κ1) is 11.1. The Morgan fingerprint density at radius 1 is 1.12 bits per heavy atom. The highest BCUT2D eigenvalue weighted by molar-refractivity contribution is 7.11. The normalized spacial score (nSPS) is 10.4. The number of rotatable bonds is 3. The van der Waals surface area contributed by atoms with E-state index in [0.717, 1.165) is 4.88 Å². The van der Waals surface area contributed by atoms with Crippen molar-refractivity contribution in [3.63, 3.8) is 0 Å². The second-order valence-electron chi connectivity index (χ2n) is 3.46. The minimum absolute atomic E-state index is 0.0615. The van der Waals surface area contributed by atoms with Gasteiger partial charge in [0.05, 0.1) is 0 Å². The Kier molecular flexibility index (Phi) is 3.19. The topological polar surface area (TPSA) is 12.0 Å². The molecular weight excluding hydrogens is 228 g/mol. The van der Waals surface area contributed by atoms with E-state index in [0.29, 0.717) is 6.54 Å². The van der Waals surface area contributed by atoms with E-state index < -0.39 is 11.6 Å². The predicted molar refractivity (Wildman–Crippen MR) is 62.7 cm³/mol. The lowest BCUT2D eigenvalue weighted by Crippen LogP contribution is -2.02. The van der Waals surface area contributed by atoms with Gasteiger partial charge in [-0.05, 0) is 31.2 Å². The Morgan fingerprint density at radius 3 is 2.38 bits per heavy atom. The van der Waals surface area contributed by atoms with E-state index in [2.05, 4.69) is 5.32 Å². The van der Waals surface area contributed by atoms with Gasteiger partial charge in [-0.1, -0.05) is 6.07 Å². The third-order valence-electron chi connectivity index (χ3n) is 2.20. The predicted octanol–water partition coefficient (Wildman–Crippen LogP) is 3.95. The number of anilines is 1. The fourth-order valence-corrected chi connectivity index (χ4v) is 2.25. The maximum absolute atomic E-state index is 13.3. The second-order valence-corrected chi connectivity index (χ2v) is 4.84. The molecule has 84 valence electrons. The summed E-state index contributed by atoms with van der Waals surface area (Å²) < 4.78 is 26.5. The van der Waals surface area contributed by atoms with E-state index in [4.69, 9.17) is 0 Å². The van der Waals surface area contributed by atoms with Gasteiger partial charge in [-0.15, -0.1) is 11.3 Å². The minimum atomic E-state index is -0.562. The number of hydrogen-bond donors (Lipinski definition) is 1. The molecule has 16 heavy (non-hydrogen) atoms. The van der Waals surface area contributed by atoms with Crippen LogP contribution in [0.4, 0.5) is 14.5 Å². The van der Waals surface area contributed by atoms with Crippen molar-refractivity contribution in [3.05, 3.63) is 51.7 Å². The van der Waals surface area contributed by atoms with Gasteiger partial charge in [-0.3, -0.25) is 0 Å². The Morgan fingerprint density at radius 2 is 1.81 bits per heavy atom. The van der Waals surface area contributed by atoms with Crippen molar-refractivity contribution in [2.24, 2.45) is 0 Å². The lowest BCUT2D eigenvalue weighted by Gasteiger charge is -2.06. The highest BCUT2D eigenvalue weighted by Gasteiger charge is 2.07. The van der Waals surface area contributed by atoms with Gasteiger partial charge < -0.3 is 5.32 Å². The van der Waals surface area contributed by atoms with Crippen molar-refractivity contribution in [2.45, 2.75) is 13.5 Å². The molecule has 0 saturated carbocycles. The Labute approximate surface area is 96.7 Å². The maximum Gasteiger partial charge on any atom is 0.149 e. The number of hydrogen-bond acceptors (Lipinski definition) is 2. The van der Waals surface area contributed by atoms with Gasteiger partial charge in [0.1, 0.15) is 17.3 Å². The van der Waals surface area contributed by atoms with Crippen molar-refractivity contribution in [3.8, 4) is 0 Å². The van der Waals surface area contributed by atoms with Crippen molar-refractivity contribution in [2.75, 3.05) is 5.32 Å². The summed E-state index contributed by atoms with van der Waals surface area (Å²) >= 11 is 1.61. The summed E-state index contributed by atoms with van der Waals surface area (Å²) in [5.41, 5.74) is -0.0615. The molecule has 1 aromatic carbocycles. The maximum atomic E-state index is 13.3. The zero-order valence-corrected chi connectivity index (χ0v) is 9.57. The summed E-state index contributed by atoms with van der Waals surface area (Å²) in [5, 5.41) is 2.77. The molecule has 0 saturated heterocycles. The summed E-state index contributed by atoms with van der Waals surface area (Å²) in [7, 11) is 0. The van der Waals surface area contributed by atoms with Gasteiger partial charge in [0.2, 0.25) is 0 Å². The molecule has 1 nitrogen and oxygen atoms in total. The SMILES string of the molecule is Cc1ccc(CNc2c(F)cccc2F)s1. The molecule has 0 amide bonds. The largest absolute Gasteiger partial charge is 0.375 e. The van der Waals surface area contributed by atoms with Gasteiger partial charge >= 0.3 is 0 Å². The van der Waals surface area contributed by atoms with Crippen molar-refractivity contribution in [1.29, 1.82) is 0 Å². The van der Waals surface area contributed by atoms with Crippen molar-refractivity contribution in [1.82, 2.24) is 0 Å². The highest BCUT2D eigenvalue weighted by atomic mass is 32.1. The van der Waals surface area contributed by atoms with Crippen LogP contribution in [0.5, 0.6) is 0 Å². The van der Waals surface area contributed by atoms with E-state index in [9.17, 15) is 8.78 Å². The van der Waals surface area contributed by atoms with Crippen LogP contribution in [0.25, 0.3) is 0 Å². The molecule has 0 aliphatic heterocycles. The molecule has 2 rings (SSSR count). The molecule has 0 bridgehead atoms. The summed E-state index contributed by atoms with van der Waals surface area (Å²) in [6.45, 7) is 2.44. The number of benzene rings is 1. The van der Waals surface area contributed by atoms with Crippen LogP contribution in [0.2, 0.25) is 0 Å². The van der Waals surface area contributed by atoms with Gasteiger partial charge in [0.25, 0.3) is 0 Å². The molecule has 0 unspecified atom stereocenters. The molecule has 1 N–H and O–H groups in total. The fraction of sp³-hybridized carbons (Fsp3) is 0.167. The van der Waals surface area contributed by atoms with E-state index in [1.807, 2.05) is 19.1 Å². The van der Waals surface area contributed by atoms with E-state index in [-0.39, 0.29) is 5.69 Å². The van der Waals surface area contributed by atoms with Crippen LogP contribution in [-0.2, 0) is 6.54 Å². The highest BCUT2D eigenvalue weighted by Crippen LogP contribution is 2.21. The lowest BCUT2D eigenvalue weighted by atomic mass is 10.3. The van der Waals surface area contributed by atoms with Crippen LogP contribution in [-0.4, -0.2) is 0 Å². The van der Waals surface area contributed by atoms with Crippen LogP contribution in [0.1, 0.15) is 9.75 Å². The molecular formula is C12H11F2NS. The molecule has 2 aromatic rings. The Bertz CT molecular complexity index is 473. The average Bonchev–Trinajstić information content (AvgIpc) is 2.63. The van der Waals surface area contributed by atoms with Gasteiger partial charge in [-0.25, -0.2) is 8.78 Å². The monoisotopic (exact) mass is 239 g/mol. The van der Waals surface area contributed by atoms with Crippen LogP contribution in [0.15, 0.2) is 30.3 Å². The summed E-state index contributed by atoms with van der Waals surface area (Å²) in [5.74, 6) is -1.12. The zero-order chi connectivity index (χ0) is 11.5. The first-order chi connectivity index (χ1) is 7.66. The van der Waals surface area contributed by atoms with E-state index >= 15 is 0 Å². The van der Waals surface area contributed by atoms with E-state index in [1.165, 1.54) is 23.1 Å². The minimum Gasteiger partial charge on any atom is -0.375 e. The number of thiophene rings is 1. The standard InChI is InChI=1S/C12H11F2NS/c1-8-5-6-9(16-8)7-15-12-10(13)3-2-4-11(12)14/h2-6,15H,7H2,1H3. The molecule has 4 heteroatoms. The first-order valence-corrected chi connectivity index (χ1v) is 5.71. The number of para-hydroxylation sites is 1. The van der Waals surface area contributed by atoms with E-state index in [1.54, 1.807) is 11.3 Å². The first-order valence-electron chi connectivity index (χ1n) is 4.90. The van der Waals surface area contributed by atoms with Gasteiger partial charge in [-0.2, -0.15) is 0 Å². The fourth-order valence-electron chi connectivity index (χ4n) is 1.42. The smallest absolute Gasteiger partial charge is 0.149 e. The van der Waals surface area contributed by atoms with Crippen LogP contribution in [0, 0.1) is 18.6 Å². The van der Waals surface area contributed by atoms with Gasteiger partial charge in [0.15, 0.2) is 0 Å².